The van der Waals surface area contributed by atoms with Gasteiger partial charge in [-0.05, 0) is 42.7 Å². The van der Waals surface area contributed by atoms with E-state index < -0.39 is 7.37 Å². The van der Waals surface area contributed by atoms with Crippen molar-refractivity contribution in [3.05, 3.63) is 30.3 Å². The quantitative estimate of drug-likeness (QED) is 0.692. The molecule has 2 nitrogen and oxygen atoms in total. The van der Waals surface area contributed by atoms with Gasteiger partial charge in [-0.1, -0.05) is 45.4 Å². The molecule has 0 heterocycles. The largest absolute Gasteiger partial charge is 0.443 e. The van der Waals surface area contributed by atoms with Crippen LogP contribution in [0.15, 0.2) is 30.3 Å². The molecule has 4 unspecified atom stereocenters. The van der Waals surface area contributed by atoms with Crippen molar-refractivity contribution in [1.82, 2.24) is 0 Å². The molecule has 1 aliphatic rings. The van der Waals surface area contributed by atoms with Crippen LogP contribution in [0, 0.1) is 17.8 Å². The van der Waals surface area contributed by atoms with Crippen LogP contribution in [0.25, 0.3) is 0 Å². The summed E-state index contributed by atoms with van der Waals surface area (Å²) >= 11 is 0. The van der Waals surface area contributed by atoms with E-state index in [2.05, 4.69) is 20.8 Å². The Balaban J connectivity index is 2.18. The van der Waals surface area contributed by atoms with Crippen molar-refractivity contribution in [3.8, 4) is 5.75 Å². The van der Waals surface area contributed by atoms with Gasteiger partial charge in [-0.25, -0.2) is 0 Å². The molecule has 1 aromatic carbocycles. The van der Waals surface area contributed by atoms with Crippen molar-refractivity contribution in [2.24, 2.45) is 17.8 Å². The molecule has 0 aromatic heterocycles. The molecular weight excluding hydrogens is 267 g/mol. The van der Waals surface area contributed by atoms with Gasteiger partial charge in [0, 0.05) is 12.3 Å². The fourth-order valence-electron chi connectivity index (χ4n) is 3.45. The highest BCUT2D eigenvalue weighted by Gasteiger charge is 2.41. The maximum atomic E-state index is 13.2. The highest BCUT2D eigenvalue weighted by atomic mass is 31.2. The minimum atomic E-state index is -2.64. The monoisotopic (exact) mass is 294 g/mol. The van der Waals surface area contributed by atoms with Gasteiger partial charge in [0.2, 0.25) is 7.37 Å². The van der Waals surface area contributed by atoms with Crippen molar-refractivity contribution in [1.29, 1.82) is 0 Å². The molecule has 0 radical (unpaired) electrons. The average Bonchev–Trinajstić information content (AvgIpc) is 2.39. The zero-order valence-corrected chi connectivity index (χ0v) is 14.0. The third kappa shape index (κ3) is 3.67. The summed E-state index contributed by atoms with van der Waals surface area (Å²) in [6.45, 7) is 8.59. The Bertz CT molecular complexity index is 469. The second kappa shape index (κ2) is 6.35. The van der Waals surface area contributed by atoms with Crippen LogP contribution in [0.1, 0.15) is 40.0 Å². The van der Waals surface area contributed by atoms with Crippen molar-refractivity contribution in [3.63, 3.8) is 0 Å². The summed E-state index contributed by atoms with van der Waals surface area (Å²) in [5.74, 6) is 2.48. The predicted octanol–water partition coefficient (Wildman–Crippen LogP) is 5.43. The van der Waals surface area contributed by atoms with Crippen LogP contribution in [0.2, 0.25) is 0 Å². The number of benzene rings is 1. The van der Waals surface area contributed by atoms with E-state index in [0.29, 0.717) is 17.8 Å². The standard InChI is InChI=1S/C17H27O2P/c1-13(2)16-11-10-14(3)12-17(16)20(4,18)19-15-8-6-5-7-9-15/h5-9,13-14,16-17H,10-12H2,1-4H3. The Kier molecular flexibility index (Phi) is 4.96. The third-order valence-corrected chi connectivity index (χ3v) is 6.99. The van der Waals surface area contributed by atoms with Gasteiger partial charge in [0.15, 0.2) is 0 Å². The minimum absolute atomic E-state index is 0.200. The van der Waals surface area contributed by atoms with Gasteiger partial charge in [0.25, 0.3) is 0 Å². The first-order valence-electron chi connectivity index (χ1n) is 7.72. The number of hydrogen-bond donors (Lipinski definition) is 0. The second-order valence-electron chi connectivity index (χ2n) is 6.71. The SMILES string of the molecule is CC1CCC(C(C)C)C(P(C)(=O)Oc2ccccc2)C1. The summed E-state index contributed by atoms with van der Waals surface area (Å²) in [6, 6.07) is 9.60. The fourth-order valence-corrected chi connectivity index (χ4v) is 6.06. The van der Waals surface area contributed by atoms with Crippen molar-refractivity contribution in [2.45, 2.75) is 45.7 Å². The van der Waals surface area contributed by atoms with Crippen LogP contribution in [0.3, 0.4) is 0 Å². The van der Waals surface area contributed by atoms with Gasteiger partial charge in [-0.2, -0.15) is 0 Å². The van der Waals surface area contributed by atoms with E-state index >= 15 is 0 Å². The first-order valence-corrected chi connectivity index (χ1v) is 9.86. The van der Waals surface area contributed by atoms with Gasteiger partial charge >= 0.3 is 0 Å². The summed E-state index contributed by atoms with van der Waals surface area (Å²) in [7, 11) is -2.64. The van der Waals surface area contributed by atoms with Crippen molar-refractivity contribution in [2.75, 3.05) is 6.66 Å². The third-order valence-electron chi connectivity index (χ3n) is 4.62. The van der Waals surface area contributed by atoms with E-state index in [-0.39, 0.29) is 5.66 Å². The van der Waals surface area contributed by atoms with E-state index in [1.54, 1.807) is 0 Å². The van der Waals surface area contributed by atoms with Crippen LogP contribution < -0.4 is 4.52 Å². The van der Waals surface area contributed by atoms with Crippen LogP contribution in [-0.4, -0.2) is 12.3 Å². The molecule has 3 heteroatoms. The average molecular weight is 294 g/mol. The molecule has 1 saturated carbocycles. The number of para-hydroxylation sites is 1. The maximum Gasteiger partial charge on any atom is 0.248 e. The lowest BCUT2D eigenvalue weighted by Gasteiger charge is -2.39. The predicted molar refractivity (Wildman–Crippen MR) is 85.7 cm³/mol. The summed E-state index contributed by atoms with van der Waals surface area (Å²) in [6.07, 6.45) is 3.47. The zero-order valence-electron chi connectivity index (χ0n) is 13.1. The van der Waals surface area contributed by atoms with Gasteiger partial charge in [0.05, 0.1) is 0 Å². The first kappa shape index (κ1) is 15.6. The molecule has 1 aromatic rings. The van der Waals surface area contributed by atoms with Gasteiger partial charge in [-0.15, -0.1) is 0 Å². The molecule has 0 spiro atoms. The molecule has 4 atom stereocenters. The maximum absolute atomic E-state index is 13.2. The van der Waals surface area contributed by atoms with E-state index in [9.17, 15) is 4.57 Å². The molecule has 0 amide bonds. The summed E-state index contributed by atoms with van der Waals surface area (Å²) < 4.78 is 19.1. The summed E-state index contributed by atoms with van der Waals surface area (Å²) in [4.78, 5) is 0. The minimum Gasteiger partial charge on any atom is -0.443 e. The Hall–Kier alpha value is -0.750. The van der Waals surface area contributed by atoms with Gasteiger partial charge in [-0.3, -0.25) is 4.57 Å². The van der Waals surface area contributed by atoms with Gasteiger partial charge < -0.3 is 4.52 Å². The first-order chi connectivity index (χ1) is 9.40. The molecule has 1 fully saturated rings. The summed E-state index contributed by atoms with van der Waals surface area (Å²) in [5.41, 5.74) is 0.200. The number of rotatable bonds is 4. The normalized spacial score (nSPS) is 29.9. The Morgan fingerprint density at radius 3 is 2.45 bits per heavy atom. The lowest BCUT2D eigenvalue weighted by atomic mass is 9.77. The van der Waals surface area contributed by atoms with Crippen molar-refractivity contribution < 1.29 is 9.09 Å². The van der Waals surface area contributed by atoms with Crippen LogP contribution in [-0.2, 0) is 4.57 Å². The highest BCUT2D eigenvalue weighted by molar-refractivity contribution is 7.59. The topological polar surface area (TPSA) is 26.3 Å². The van der Waals surface area contributed by atoms with Crippen LogP contribution in [0.4, 0.5) is 0 Å². The molecular formula is C17H27O2P. The molecule has 1 aliphatic carbocycles. The van der Waals surface area contributed by atoms with Crippen LogP contribution >= 0.6 is 7.37 Å². The second-order valence-corrected chi connectivity index (χ2v) is 9.37. The lowest BCUT2D eigenvalue weighted by Crippen LogP contribution is -2.33. The molecule has 0 N–H and O–H groups in total. The molecule has 0 saturated heterocycles. The Morgan fingerprint density at radius 1 is 1.20 bits per heavy atom. The van der Waals surface area contributed by atoms with E-state index in [1.807, 2.05) is 37.0 Å². The van der Waals surface area contributed by atoms with Crippen LogP contribution in [0.5, 0.6) is 5.75 Å². The smallest absolute Gasteiger partial charge is 0.248 e. The Labute approximate surface area is 123 Å². The number of hydrogen-bond acceptors (Lipinski definition) is 2. The lowest BCUT2D eigenvalue weighted by molar-refractivity contribution is 0.229. The molecule has 20 heavy (non-hydrogen) atoms. The molecule has 112 valence electrons. The molecule has 2 rings (SSSR count). The summed E-state index contributed by atoms with van der Waals surface area (Å²) in [5, 5.41) is 0. The van der Waals surface area contributed by atoms with E-state index in [1.165, 1.54) is 12.8 Å². The fraction of sp³-hybridized carbons (Fsp3) is 0.647. The van der Waals surface area contributed by atoms with Gasteiger partial charge in [0.1, 0.15) is 5.75 Å². The molecule has 0 aliphatic heterocycles. The van der Waals surface area contributed by atoms with E-state index in [0.717, 1.165) is 12.2 Å². The Morgan fingerprint density at radius 2 is 1.85 bits per heavy atom. The van der Waals surface area contributed by atoms with E-state index in [4.69, 9.17) is 4.52 Å². The van der Waals surface area contributed by atoms with Crippen molar-refractivity contribution >= 4 is 7.37 Å². The highest BCUT2D eigenvalue weighted by Crippen LogP contribution is 2.57. The zero-order chi connectivity index (χ0) is 14.8. The molecule has 0 bridgehead atoms.